The maximum Gasteiger partial charge on any atom is 0.223 e. The highest BCUT2D eigenvalue weighted by Gasteiger charge is 2.39. The van der Waals surface area contributed by atoms with E-state index in [9.17, 15) is 15.0 Å². The van der Waals surface area contributed by atoms with Crippen LogP contribution in [0.15, 0.2) is 42.5 Å². The van der Waals surface area contributed by atoms with Crippen molar-refractivity contribution in [1.82, 2.24) is 10.2 Å². The number of benzene rings is 2. The van der Waals surface area contributed by atoms with Gasteiger partial charge in [0.15, 0.2) is 0 Å². The SMILES string of the molecule is CC(C)[C@@H](CN1CC[C@@](C)(c2cccc(O)c2)[C@@H](C)C1)NC(=O)C1CCc2cc(O)ccc2C1. The number of fused-ring (bicyclic) bond motifs is 1. The van der Waals surface area contributed by atoms with Crippen molar-refractivity contribution in [2.75, 3.05) is 19.6 Å². The zero-order valence-electron chi connectivity index (χ0n) is 21.1. The first-order valence-corrected chi connectivity index (χ1v) is 12.8. The average Bonchev–Trinajstić information content (AvgIpc) is 2.80. The molecule has 2 aromatic carbocycles. The highest BCUT2D eigenvalue weighted by molar-refractivity contribution is 5.79. The quantitative estimate of drug-likeness (QED) is 0.582. The van der Waals surface area contributed by atoms with Crippen molar-refractivity contribution >= 4 is 5.91 Å². The lowest BCUT2D eigenvalue weighted by Crippen LogP contribution is -2.54. The van der Waals surface area contributed by atoms with Gasteiger partial charge in [0.05, 0.1) is 0 Å². The van der Waals surface area contributed by atoms with Crippen LogP contribution in [0.1, 0.15) is 57.2 Å². The van der Waals surface area contributed by atoms with E-state index >= 15 is 0 Å². The lowest BCUT2D eigenvalue weighted by molar-refractivity contribution is -0.126. The van der Waals surface area contributed by atoms with Crippen molar-refractivity contribution in [3.8, 4) is 11.5 Å². The number of nitrogens with one attached hydrogen (secondary N) is 1. The Morgan fingerprint density at radius 2 is 1.91 bits per heavy atom. The molecule has 1 fully saturated rings. The molecule has 2 aromatic rings. The van der Waals surface area contributed by atoms with Crippen LogP contribution in [0.25, 0.3) is 0 Å². The highest BCUT2D eigenvalue weighted by atomic mass is 16.3. The van der Waals surface area contributed by atoms with Gasteiger partial charge < -0.3 is 20.4 Å². The molecule has 1 saturated heterocycles. The summed E-state index contributed by atoms with van der Waals surface area (Å²) in [6.07, 6.45) is 3.44. The van der Waals surface area contributed by atoms with E-state index in [0.717, 1.165) is 45.3 Å². The molecular weight excluding hydrogens is 424 g/mol. The fraction of sp³-hybridized carbons (Fsp3) is 0.552. The smallest absolute Gasteiger partial charge is 0.223 e. The van der Waals surface area contributed by atoms with Gasteiger partial charge in [0, 0.05) is 25.0 Å². The van der Waals surface area contributed by atoms with Crippen LogP contribution in [0.5, 0.6) is 11.5 Å². The molecule has 4 atom stereocenters. The molecule has 34 heavy (non-hydrogen) atoms. The molecule has 1 aliphatic carbocycles. The molecule has 3 N–H and O–H groups in total. The topological polar surface area (TPSA) is 72.8 Å². The van der Waals surface area contributed by atoms with Crippen molar-refractivity contribution in [2.24, 2.45) is 17.8 Å². The van der Waals surface area contributed by atoms with Crippen molar-refractivity contribution in [3.63, 3.8) is 0 Å². The van der Waals surface area contributed by atoms with E-state index in [-0.39, 0.29) is 23.3 Å². The van der Waals surface area contributed by atoms with Gasteiger partial charge in [0.1, 0.15) is 11.5 Å². The number of amides is 1. The lowest BCUT2D eigenvalue weighted by Gasteiger charge is -2.46. The lowest BCUT2D eigenvalue weighted by atomic mass is 9.68. The number of piperidine rings is 1. The molecule has 0 spiro atoms. The number of hydrogen-bond acceptors (Lipinski definition) is 4. The molecular formula is C29H40N2O3. The third-order valence-corrected chi connectivity index (χ3v) is 8.45. The van der Waals surface area contributed by atoms with Gasteiger partial charge in [-0.1, -0.05) is 45.9 Å². The number of rotatable bonds is 6. The third-order valence-electron chi connectivity index (χ3n) is 8.45. The molecule has 5 nitrogen and oxygen atoms in total. The minimum atomic E-state index is -0.00683. The van der Waals surface area contributed by atoms with Crippen molar-refractivity contribution < 1.29 is 15.0 Å². The normalized spacial score (nSPS) is 26.1. The monoisotopic (exact) mass is 464 g/mol. The molecule has 1 unspecified atom stereocenters. The Kier molecular flexibility index (Phi) is 7.22. The molecule has 2 aliphatic rings. The molecule has 1 heterocycles. The van der Waals surface area contributed by atoms with Crippen molar-refractivity contribution in [2.45, 2.75) is 64.8 Å². The average molecular weight is 465 g/mol. The molecule has 0 bridgehead atoms. The summed E-state index contributed by atoms with van der Waals surface area (Å²) in [5, 5.41) is 23.1. The molecule has 184 valence electrons. The van der Waals surface area contributed by atoms with E-state index in [2.05, 4.69) is 44.0 Å². The van der Waals surface area contributed by atoms with Gasteiger partial charge in [0.2, 0.25) is 5.91 Å². The number of hydrogen-bond donors (Lipinski definition) is 3. The fourth-order valence-electron chi connectivity index (χ4n) is 5.74. The number of nitrogens with zero attached hydrogens (tertiary/aromatic N) is 1. The fourth-order valence-corrected chi connectivity index (χ4v) is 5.74. The van der Waals surface area contributed by atoms with Crippen LogP contribution in [0, 0.1) is 17.8 Å². The number of phenols is 2. The maximum atomic E-state index is 13.2. The summed E-state index contributed by atoms with van der Waals surface area (Å²) in [4.78, 5) is 15.7. The number of aryl methyl sites for hydroxylation is 1. The van der Waals surface area contributed by atoms with Crippen LogP contribution in [0.2, 0.25) is 0 Å². The number of phenolic OH excluding ortho intramolecular Hbond substituents is 2. The summed E-state index contributed by atoms with van der Waals surface area (Å²) < 4.78 is 0. The van der Waals surface area contributed by atoms with E-state index in [0.29, 0.717) is 23.3 Å². The number of likely N-dealkylation sites (tertiary alicyclic amines) is 1. The summed E-state index contributed by atoms with van der Waals surface area (Å²) in [5.74, 6) is 1.58. The number of aromatic hydroxyl groups is 2. The van der Waals surface area contributed by atoms with Crippen LogP contribution in [0.4, 0.5) is 0 Å². The molecule has 0 saturated carbocycles. The molecule has 0 aromatic heterocycles. The van der Waals surface area contributed by atoms with E-state index in [1.165, 1.54) is 16.7 Å². The summed E-state index contributed by atoms with van der Waals surface area (Å²) in [6.45, 7) is 11.8. The number of carbonyl (C=O) groups is 1. The summed E-state index contributed by atoms with van der Waals surface area (Å²) in [5.41, 5.74) is 3.60. The third kappa shape index (κ3) is 5.25. The van der Waals surface area contributed by atoms with Gasteiger partial charge in [-0.3, -0.25) is 4.79 Å². The Morgan fingerprint density at radius 1 is 1.15 bits per heavy atom. The molecule has 4 rings (SSSR count). The van der Waals surface area contributed by atoms with E-state index < -0.39 is 0 Å². The van der Waals surface area contributed by atoms with Crippen LogP contribution in [-0.4, -0.2) is 46.7 Å². The summed E-state index contributed by atoms with van der Waals surface area (Å²) >= 11 is 0. The van der Waals surface area contributed by atoms with Gasteiger partial charge in [0.25, 0.3) is 0 Å². The zero-order valence-corrected chi connectivity index (χ0v) is 21.1. The minimum absolute atomic E-state index is 0.00683. The second kappa shape index (κ2) is 9.99. The van der Waals surface area contributed by atoms with E-state index in [4.69, 9.17) is 0 Å². The maximum absolute atomic E-state index is 13.2. The van der Waals surface area contributed by atoms with Crippen LogP contribution < -0.4 is 5.32 Å². The van der Waals surface area contributed by atoms with Crippen LogP contribution >= 0.6 is 0 Å². The number of carbonyl (C=O) groups excluding carboxylic acids is 1. The zero-order chi connectivity index (χ0) is 24.5. The highest BCUT2D eigenvalue weighted by Crippen LogP contribution is 2.40. The first kappa shape index (κ1) is 24.6. The Morgan fingerprint density at radius 3 is 2.62 bits per heavy atom. The van der Waals surface area contributed by atoms with Crippen LogP contribution in [-0.2, 0) is 23.1 Å². The van der Waals surface area contributed by atoms with Gasteiger partial charge in [-0.15, -0.1) is 0 Å². The summed E-state index contributed by atoms with van der Waals surface area (Å²) in [7, 11) is 0. The van der Waals surface area contributed by atoms with Gasteiger partial charge in [-0.05, 0) is 90.4 Å². The summed E-state index contributed by atoms with van der Waals surface area (Å²) in [6, 6.07) is 13.3. The van der Waals surface area contributed by atoms with Gasteiger partial charge in [-0.25, -0.2) is 0 Å². The standard InChI is InChI=1S/C29H40N2O3/c1-19(2)27(30-28(34)23-9-8-22-15-26(33)11-10-21(22)14-23)18-31-13-12-29(4,20(3)17-31)24-6-5-7-25(32)16-24/h5-7,10-11,15-16,19-20,23,27,32-33H,8-9,12-14,17-18H2,1-4H3,(H,30,34)/t20-,23?,27+,29+/m0/s1. The Labute approximate surface area is 204 Å². The Hall–Kier alpha value is -2.53. The Bertz CT molecular complexity index is 1020. The first-order valence-electron chi connectivity index (χ1n) is 12.8. The van der Waals surface area contributed by atoms with E-state index in [1.54, 1.807) is 12.1 Å². The Balaban J connectivity index is 1.36. The molecule has 1 amide bonds. The van der Waals surface area contributed by atoms with Crippen molar-refractivity contribution in [3.05, 3.63) is 59.2 Å². The van der Waals surface area contributed by atoms with Crippen molar-refractivity contribution in [1.29, 1.82) is 0 Å². The molecule has 1 aliphatic heterocycles. The second-order valence-electron chi connectivity index (χ2n) is 11.1. The first-order chi connectivity index (χ1) is 16.2. The van der Waals surface area contributed by atoms with Gasteiger partial charge in [-0.2, -0.15) is 0 Å². The largest absolute Gasteiger partial charge is 0.508 e. The minimum Gasteiger partial charge on any atom is -0.508 e. The second-order valence-corrected chi connectivity index (χ2v) is 11.1. The van der Waals surface area contributed by atoms with E-state index in [1.807, 2.05) is 24.3 Å². The molecule has 0 radical (unpaired) electrons. The van der Waals surface area contributed by atoms with Gasteiger partial charge >= 0.3 is 0 Å². The predicted molar refractivity (Wildman–Crippen MR) is 136 cm³/mol. The predicted octanol–water partition coefficient (Wildman–Crippen LogP) is 4.64. The molecule has 5 heteroatoms. The van der Waals surface area contributed by atoms with Crippen LogP contribution in [0.3, 0.4) is 0 Å².